The van der Waals surface area contributed by atoms with Crippen molar-refractivity contribution >= 4 is 28.0 Å². The molecule has 0 amide bonds. The monoisotopic (exact) mass is 500 g/mol. The highest BCUT2D eigenvalue weighted by Crippen LogP contribution is 2.31. The first-order chi connectivity index (χ1) is 15.8. The van der Waals surface area contributed by atoms with Crippen molar-refractivity contribution in [3.63, 3.8) is 0 Å². The normalized spacial score (nSPS) is 13.6. The van der Waals surface area contributed by atoms with Crippen LogP contribution in [0.15, 0.2) is 39.9 Å². The minimum atomic E-state index is -4.67. The third-order valence-electron chi connectivity index (χ3n) is 4.79. The van der Waals surface area contributed by atoms with Crippen LogP contribution >= 0.6 is 0 Å². The van der Waals surface area contributed by atoms with Gasteiger partial charge in [0.1, 0.15) is 11.0 Å². The SMILES string of the molecule is CC(C)(C)[S@@](=O)/N=C/CCCn1ccc2cc(-c3ncc(C(F)(F)F)cn3)c(F)c(F)c2c1=O. The van der Waals surface area contributed by atoms with E-state index >= 15 is 0 Å². The summed E-state index contributed by atoms with van der Waals surface area (Å²) >= 11 is 0. The molecule has 3 rings (SSSR count). The molecule has 2 heterocycles. The molecular formula is C22H21F5N4O2S. The lowest BCUT2D eigenvalue weighted by atomic mass is 10.1. The standard InChI is InChI=1S/C22H21F5N4O2S/c1-21(2,3)34(33)30-7-4-5-8-31-9-6-13-10-15(17(23)18(24)16(13)20(31)32)19-28-11-14(12-29-19)22(25,26)27/h6-7,9-12H,4-5,8H2,1-3H3/b30-7+/t34-/m1/s1. The Morgan fingerprint density at radius 2 is 1.76 bits per heavy atom. The van der Waals surface area contributed by atoms with Crippen molar-refractivity contribution in [2.75, 3.05) is 0 Å². The fraction of sp³-hybridized carbons (Fsp3) is 0.364. The number of unbranched alkanes of at least 4 members (excludes halogenated alkanes) is 1. The van der Waals surface area contributed by atoms with Crippen molar-refractivity contribution in [3.05, 3.63) is 58.3 Å². The number of hydrogen-bond acceptors (Lipinski definition) is 4. The van der Waals surface area contributed by atoms with Gasteiger partial charge in [-0.3, -0.25) is 4.79 Å². The zero-order chi connectivity index (χ0) is 25.3. The summed E-state index contributed by atoms with van der Waals surface area (Å²) in [7, 11) is -1.39. The van der Waals surface area contributed by atoms with Crippen LogP contribution in [0.5, 0.6) is 0 Å². The molecule has 34 heavy (non-hydrogen) atoms. The minimum absolute atomic E-state index is 0.0563. The predicted octanol–water partition coefficient (Wildman–Crippen LogP) is 5.07. The van der Waals surface area contributed by atoms with E-state index in [1.54, 1.807) is 20.8 Å². The molecule has 0 fully saturated rings. The number of hydrogen-bond donors (Lipinski definition) is 0. The lowest BCUT2D eigenvalue weighted by molar-refractivity contribution is -0.138. The summed E-state index contributed by atoms with van der Waals surface area (Å²) in [4.78, 5) is 19.7. The molecule has 0 aliphatic carbocycles. The van der Waals surface area contributed by atoms with Gasteiger partial charge in [0.2, 0.25) is 0 Å². The number of nitrogens with zero attached hydrogens (tertiary/aromatic N) is 4. The molecule has 1 atom stereocenters. The van der Waals surface area contributed by atoms with Crippen molar-refractivity contribution in [2.24, 2.45) is 4.40 Å². The summed E-state index contributed by atoms with van der Waals surface area (Å²) in [6, 6.07) is 2.52. The van der Waals surface area contributed by atoms with Gasteiger partial charge >= 0.3 is 6.18 Å². The first kappa shape index (κ1) is 25.6. The van der Waals surface area contributed by atoms with Gasteiger partial charge in [-0.25, -0.2) is 23.0 Å². The van der Waals surface area contributed by atoms with Crippen molar-refractivity contribution in [2.45, 2.75) is 51.1 Å². The van der Waals surface area contributed by atoms with Crippen LogP contribution in [0.25, 0.3) is 22.2 Å². The van der Waals surface area contributed by atoms with Crippen LogP contribution in [0.4, 0.5) is 22.0 Å². The topological polar surface area (TPSA) is 77.2 Å². The largest absolute Gasteiger partial charge is 0.419 e. The summed E-state index contributed by atoms with van der Waals surface area (Å²) in [6.45, 7) is 5.56. The van der Waals surface area contributed by atoms with E-state index in [0.29, 0.717) is 25.2 Å². The van der Waals surface area contributed by atoms with Gasteiger partial charge in [0.25, 0.3) is 5.56 Å². The van der Waals surface area contributed by atoms with E-state index in [-0.39, 0.29) is 11.9 Å². The van der Waals surface area contributed by atoms with Gasteiger partial charge in [-0.05, 0) is 51.1 Å². The Bertz CT molecular complexity index is 1310. The Morgan fingerprint density at radius 3 is 2.35 bits per heavy atom. The second-order valence-corrected chi connectivity index (χ2v) is 10.3. The first-order valence-electron chi connectivity index (χ1n) is 10.2. The van der Waals surface area contributed by atoms with E-state index in [9.17, 15) is 31.0 Å². The molecule has 0 N–H and O–H groups in total. The average Bonchev–Trinajstić information content (AvgIpc) is 2.75. The van der Waals surface area contributed by atoms with Crippen molar-refractivity contribution in [1.29, 1.82) is 0 Å². The molecule has 12 heteroatoms. The number of aryl methyl sites for hydroxylation is 1. The molecule has 0 saturated heterocycles. The Morgan fingerprint density at radius 1 is 1.12 bits per heavy atom. The Balaban J connectivity index is 1.85. The summed E-state index contributed by atoms with van der Waals surface area (Å²) in [5.74, 6) is -3.31. The maximum absolute atomic E-state index is 14.8. The molecule has 1 aromatic carbocycles. The lowest BCUT2D eigenvalue weighted by Gasteiger charge is -2.12. The molecule has 0 unspecified atom stereocenters. The van der Waals surface area contributed by atoms with Crippen molar-refractivity contribution < 1.29 is 26.2 Å². The molecule has 0 aliphatic heterocycles. The number of rotatable bonds is 6. The second kappa shape index (κ2) is 9.69. The maximum Gasteiger partial charge on any atom is 0.419 e. The van der Waals surface area contributed by atoms with Gasteiger partial charge in [0, 0.05) is 31.3 Å². The van der Waals surface area contributed by atoms with Crippen molar-refractivity contribution in [3.8, 4) is 11.4 Å². The van der Waals surface area contributed by atoms with E-state index in [2.05, 4.69) is 14.4 Å². The number of pyridine rings is 1. The van der Waals surface area contributed by atoms with Crippen LogP contribution in [-0.2, 0) is 23.7 Å². The third kappa shape index (κ3) is 5.54. The molecule has 0 radical (unpaired) electrons. The van der Waals surface area contributed by atoms with Gasteiger partial charge in [-0.15, -0.1) is 0 Å². The van der Waals surface area contributed by atoms with Gasteiger partial charge in [-0.1, -0.05) is 0 Å². The molecule has 0 aliphatic rings. The highest BCUT2D eigenvalue weighted by atomic mass is 32.2. The summed E-state index contributed by atoms with van der Waals surface area (Å²) in [5.41, 5.74) is -2.35. The van der Waals surface area contributed by atoms with Gasteiger partial charge < -0.3 is 4.57 Å². The van der Waals surface area contributed by atoms with Crippen LogP contribution in [-0.4, -0.2) is 29.7 Å². The Labute approximate surface area is 194 Å². The van der Waals surface area contributed by atoms with Crippen LogP contribution in [0, 0.1) is 11.6 Å². The number of benzene rings is 1. The molecule has 6 nitrogen and oxygen atoms in total. The van der Waals surface area contributed by atoms with E-state index in [4.69, 9.17) is 0 Å². The Hall–Kier alpha value is -3.02. The zero-order valence-corrected chi connectivity index (χ0v) is 19.3. The fourth-order valence-corrected chi connectivity index (χ4v) is 3.52. The molecule has 0 spiro atoms. The highest BCUT2D eigenvalue weighted by molar-refractivity contribution is 7.85. The molecule has 0 saturated carbocycles. The van der Waals surface area contributed by atoms with Crippen LogP contribution in [0.1, 0.15) is 39.2 Å². The predicted molar refractivity (Wildman–Crippen MR) is 120 cm³/mol. The third-order valence-corrected chi connectivity index (χ3v) is 6.18. The summed E-state index contributed by atoms with van der Waals surface area (Å²) in [6.07, 6.45) is 0.0514. The summed E-state index contributed by atoms with van der Waals surface area (Å²) in [5, 5.41) is -0.432. The van der Waals surface area contributed by atoms with Crippen LogP contribution < -0.4 is 5.56 Å². The maximum atomic E-state index is 14.8. The number of alkyl halides is 3. The van der Waals surface area contributed by atoms with Crippen LogP contribution in [0.2, 0.25) is 0 Å². The fourth-order valence-electron chi connectivity index (χ4n) is 2.96. The highest BCUT2D eigenvalue weighted by Gasteiger charge is 2.31. The quantitative estimate of drug-likeness (QED) is 0.269. The molecule has 3 aromatic rings. The molecule has 0 bridgehead atoms. The lowest BCUT2D eigenvalue weighted by Crippen LogP contribution is -2.21. The Kier molecular flexibility index (Phi) is 7.29. The first-order valence-corrected chi connectivity index (χ1v) is 11.3. The number of aromatic nitrogens is 3. The van der Waals surface area contributed by atoms with Crippen molar-refractivity contribution in [1.82, 2.24) is 14.5 Å². The van der Waals surface area contributed by atoms with Gasteiger partial charge in [0.05, 0.1) is 21.3 Å². The second-order valence-electron chi connectivity index (χ2n) is 8.42. The number of halogens is 5. The number of fused-ring (bicyclic) bond motifs is 1. The minimum Gasteiger partial charge on any atom is -0.315 e. The molecular weight excluding hydrogens is 479 g/mol. The van der Waals surface area contributed by atoms with Gasteiger partial charge in [-0.2, -0.15) is 17.6 Å². The van der Waals surface area contributed by atoms with E-state index in [1.807, 2.05) is 0 Å². The van der Waals surface area contributed by atoms with E-state index in [1.165, 1.54) is 23.0 Å². The smallest absolute Gasteiger partial charge is 0.315 e. The van der Waals surface area contributed by atoms with E-state index in [0.717, 1.165) is 6.07 Å². The van der Waals surface area contributed by atoms with Gasteiger partial charge in [0.15, 0.2) is 17.5 Å². The zero-order valence-electron chi connectivity index (χ0n) is 18.5. The van der Waals surface area contributed by atoms with Crippen LogP contribution in [0.3, 0.4) is 0 Å². The average molecular weight is 500 g/mol. The van der Waals surface area contributed by atoms with E-state index < -0.39 is 61.4 Å². The summed E-state index contributed by atoms with van der Waals surface area (Å²) < 4.78 is 84.2. The molecule has 182 valence electrons. The molecule has 2 aromatic heterocycles.